The number of amides is 1. The van der Waals surface area contributed by atoms with E-state index in [4.69, 9.17) is 48.5 Å². The topological polar surface area (TPSA) is 528 Å². The zero-order valence-corrected chi connectivity index (χ0v) is 43.7. The Hall–Kier alpha value is -5.11. The van der Waals surface area contributed by atoms with Crippen LogP contribution in [0.25, 0.3) is 22.3 Å². The van der Waals surface area contributed by atoms with Crippen molar-refractivity contribution >= 4 is 71.3 Å². The first-order valence-electron chi connectivity index (χ1n) is 22.1. The van der Waals surface area contributed by atoms with Gasteiger partial charge in [-0.15, -0.1) is 0 Å². The van der Waals surface area contributed by atoms with Crippen LogP contribution in [0, 0.1) is 5.92 Å². The molecule has 5 aromatic rings. The molecule has 3 fully saturated rings. The molecule has 13 N–H and O–H groups in total. The lowest BCUT2D eigenvalue weighted by Gasteiger charge is -2.26. The number of hydrogen-bond acceptors (Lipinski definition) is 27. The molecule has 16 atom stereocenters. The maximum Gasteiger partial charge on any atom is 0.490 e. The Balaban J connectivity index is 0.951. The van der Waals surface area contributed by atoms with Gasteiger partial charge in [-0.3, -0.25) is 56.1 Å². The minimum Gasteiger partial charge on any atom is -0.387 e. The molecule has 3 aliphatic heterocycles. The number of H-pyrrole nitrogens is 2. The second-order valence-corrected chi connectivity index (χ2v) is 23.3. The van der Waals surface area contributed by atoms with Crippen molar-refractivity contribution in [1.82, 2.24) is 48.5 Å². The zero-order valence-electron chi connectivity index (χ0n) is 40.1. The van der Waals surface area contributed by atoms with Crippen LogP contribution >= 0.6 is 31.3 Å². The summed E-state index contributed by atoms with van der Waals surface area (Å²) < 4.78 is 110. The van der Waals surface area contributed by atoms with Gasteiger partial charge < -0.3 is 70.2 Å². The lowest BCUT2D eigenvalue weighted by molar-refractivity contribution is -0.745. The number of hydrogen-bond donors (Lipinski definition) is 11. The molecule has 1 amide bonds. The molecule has 5 aromatic heterocycles. The summed E-state index contributed by atoms with van der Waals surface area (Å²) >= 11 is 0. The highest BCUT2D eigenvalue weighted by Gasteiger charge is 2.54. The molecule has 0 radical (unpaired) electrons. The van der Waals surface area contributed by atoms with Crippen LogP contribution in [-0.2, 0) is 75.8 Å². The highest BCUT2D eigenvalue weighted by molar-refractivity contribution is 7.66. The monoisotopic (exact) mass is 1180 g/mol. The van der Waals surface area contributed by atoms with E-state index < -0.39 is 147 Å². The van der Waals surface area contributed by atoms with E-state index in [1.54, 1.807) is 0 Å². The molecule has 42 heteroatoms. The van der Waals surface area contributed by atoms with Gasteiger partial charge in [0.05, 0.1) is 39.3 Å². The Bertz CT molecular complexity index is 3410. The minimum atomic E-state index is -6.23. The van der Waals surface area contributed by atoms with Gasteiger partial charge in [0.15, 0.2) is 30.2 Å². The molecule has 0 spiro atoms. The highest BCUT2D eigenvalue weighted by atomic mass is 31.3. The van der Waals surface area contributed by atoms with Crippen molar-refractivity contribution < 1.29 is 108 Å². The van der Waals surface area contributed by atoms with Gasteiger partial charge in [0, 0.05) is 45.8 Å². The van der Waals surface area contributed by atoms with Crippen molar-refractivity contribution in [3.63, 3.8) is 0 Å². The molecule has 77 heavy (non-hydrogen) atoms. The van der Waals surface area contributed by atoms with Gasteiger partial charge in [-0.2, -0.15) is 8.62 Å². The second-order valence-electron chi connectivity index (χ2n) is 17.3. The number of nitrogens with two attached hydrogens (primary N) is 2. The first kappa shape index (κ1) is 58.0. The molecule has 8 rings (SSSR count). The minimum absolute atomic E-state index is 0.000211. The number of fused-ring (bicyclic) bond motifs is 2. The maximum atomic E-state index is 13.6. The van der Waals surface area contributed by atoms with E-state index in [2.05, 4.69) is 33.5 Å². The van der Waals surface area contributed by atoms with Crippen LogP contribution in [0.4, 0.5) is 11.8 Å². The summed E-state index contributed by atoms with van der Waals surface area (Å²) in [6.07, 6.45) is -13.7. The number of aromatic nitrogens is 10. The average molecular weight is 1180 g/mol. The van der Waals surface area contributed by atoms with Crippen molar-refractivity contribution in [2.75, 3.05) is 52.0 Å². The van der Waals surface area contributed by atoms with Crippen molar-refractivity contribution in [2.24, 2.45) is 13.0 Å². The number of methoxy groups -OCH3 is 1. The quantitative estimate of drug-likeness (QED) is 0.0245. The summed E-state index contributed by atoms with van der Waals surface area (Å²) in [4.78, 5) is 113. The van der Waals surface area contributed by atoms with E-state index in [0.717, 1.165) is 41.5 Å². The van der Waals surface area contributed by atoms with Crippen LogP contribution in [-0.4, -0.2) is 179 Å². The van der Waals surface area contributed by atoms with E-state index in [-0.39, 0.29) is 40.6 Å². The molecule has 3 aliphatic rings. The van der Waals surface area contributed by atoms with Crippen molar-refractivity contribution in [2.45, 2.75) is 74.4 Å². The number of nitrogen functional groups attached to an aromatic ring is 2. The van der Waals surface area contributed by atoms with Gasteiger partial charge in [0.1, 0.15) is 54.6 Å². The number of rotatable bonds is 21. The van der Waals surface area contributed by atoms with Gasteiger partial charge in [-0.05, 0) is 0 Å². The molecule has 4 unspecified atom stereocenters. The third-order valence-electron chi connectivity index (χ3n) is 12.2. The maximum absolute atomic E-state index is 13.6. The fourth-order valence-electron chi connectivity index (χ4n) is 8.55. The van der Waals surface area contributed by atoms with E-state index in [1.807, 2.05) is 4.98 Å². The Kier molecular flexibility index (Phi) is 16.7. The van der Waals surface area contributed by atoms with Crippen molar-refractivity contribution in [3.8, 4) is 0 Å². The molecule has 424 valence electrons. The van der Waals surface area contributed by atoms with Crippen LogP contribution in [0.15, 0.2) is 45.6 Å². The van der Waals surface area contributed by atoms with Crippen LogP contribution in [0.2, 0.25) is 0 Å². The predicted molar refractivity (Wildman–Crippen MR) is 249 cm³/mol. The van der Waals surface area contributed by atoms with Crippen molar-refractivity contribution in [3.05, 3.63) is 62.4 Å². The van der Waals surface area contributed by atoms with Gasteiger partial charge in [-0.25, -0.2) is 42.6 Å². The number of nitrogens with zero attached hydrogens (tertiary/aromatic N) is 9. The molecule has 8 heterocycles. The summed E-state index contributed by atoms with van der Waals surface area (Å²) in [6, 6.07) is 0.921. The summed E-state index contributed by atoms with van der Waals surface area (Å²) in [5.41, 5.74) is 9.19. The van der Waals surface area contributed by atoms with Crippen molar-refractivity contribution in [1.29, 1.82) is 0 Å². The largest absolute Gasteiger partial charge is 0.490 e. The molecular weight excluding hydrogens is 1130 g/mol. The summed E-state index contributed by atoms with van der Waals surface area (Å²) in [5.74, 6) is -2.01. The van der Waals surface area contributed by atoms with E-state index >= 15 is 0 Å². The third-order valence-corrected chi connectivity index (χ3v) is 17.4. The number of carbonyl (C=O) groups is 1. The van der Waals surface area contributed by atoms with E-state index in [9.17, 15) is 72.3 Å². The smallest absolute Gasteiger partial charge is 0.387 e. The van der Waals surface area contributed by atoms with Gasteiger partial charge in [-0.1, -0.05) is 4.98 Å². The second kappa shape index (κ2) is 22.2. The number of phosphoric acid groups is 4. The summed E-state index contributed by atoms with van der Waals surface area (Å²) in [5, 5.41) is 32.8. The van der Waals surface area contributed by atoms with Gasteiger partial charge >= 0.3 is 42.6 Å². The molecule has 0 bridgehead atoms. The molecular formula is C35H50N13O25P4+. The lowest BCUT2D eigenvalue weighted by atomic mass is 9.97. The number of carbonyl (C=O) groups excluding carboxylic acids is 1. The summed E-state index contributed by atoms with van der Waals surface area (Å²) in [7, 11) is -19.6. The van der Waals surface area contributed by atoms with Gasteiger partial charge in [0.2, 0.25) is 17.7 Å². The molecule has 0 aromatic carbocycles. The zero-order chi connectivity index (χ0) is 56.3. The lowest BCUT2D eigenvalue weighted by Crippen LogP contribution is -2.46. The number of aliphatic hydroxyl groups is 3. The molecule has 0 aliphatic carbocycles. The van der Waals surface area contributed by atoms with E-state index in [0.29, 0.717) is 0 Å². The Morgan fingerprint density at radius 2 is 1.45 bits per heavy atom. The number of anilines is 2. The van der Waals surface area contributed by atoms with Crippen LogP contribution in [0.1, 0.15) is 25.6 Å². The predicted octanol–water partition coefficient (Wildman–Crippen LogP) is -4.14. The van der Waals surface area contributed by atoms with Crippen LogP contribution in [0.3, 0.4) is 0 Å². The normalized spacial score (nSPS) is 29.8. The van der Waals surface area contributed by atoms with Crippen LogP contribution in [0.5, 0.6) is 0 Å². The molecule has 3 saturated heterocycles. The highest BCUT2D eigenvalue weighted by Crippen LogP contribution is 2.68. The number of phosphoric ester groups is 3. The standard InChI is InChI=1S/C35H49N13O25P4/c1-14(49)44(2)7-15-16(68-31(22(15)51)48-13-45(3)21-29(48)42-34(37)43-30(21)54)8-66-75(58,59)72-77(62,63)73-76(60,61)67-10-18-25(26(64-4)33(70-18)47-12-40-20-27(36)38-11-39-28(20)47)71-74(56,57)65-9-17-23(52)24(53)32(69-17)46-6-5-19(50)41-35(46)55/h5-6,11-13,15-18,22-26,31-33,51-53H,7-10H2,1-4H3,(H9-,36,37,38,39,41,42,43,50,54,55,56,57,58,59,60,61,62,63)/p+1/t15-,16-,17-,18-,22-,23-,24-,25-,26-,31-,32-,33-/m1/s1. The third kappa shape index (κ3) is 12.5. The van der Waals surface area contributed by atoms with Crippen LogP contribution < -0.4 is 32.8 Å². The number of aryl methyl sites for hydroxylation is 1. The average Bonchev–Trinajstić information content (AvgIpc) is 4.13. The number of imidazole rings is 2. The fourth-order valence-corrected chi connectivity index (χ4v) is 13.0. The SMILES string of the molecule is CO[C@@H]1[C@H](OP(=O)(O)OC[C@H]2O[C@@H](n3ccc(=O)[nH]c3=O)[C@H](O)[C@@H]2O)[C@@H](COP(=O)(O)OP(=O)(O)OP(=O)(O)OC[C@H]2O[C@@H]([n+]3cn(C)c4c(=O)[nH]c(N)nc43)[C@H](O)[C@@H]2CN(C)C(C)=O)O[C@H]1n1cnc2c(N)ncnc21. The van der Waals surface area contributed by atoms with Gasteiger partial charge in [0.25, 0.3) is 17.1 Å². The number of nitrogens with one attached hydrogen (secondary N) is 2. The Morgan fingerprint density at radius 3 is 2.10 bits per heavy atom. The Labute approximate surface area is 429 Å². The summed E-state index contributed by atoms with van der Waals surface area (Å²) in [6.45, 7) is -2.39. The number of ether oxygens (including phenoxy) is 4. The first-order chi connectivity index (χ1) is 36.0. The molecule has 38 nitrogen and oxygen atoms in total. The Morgan fingerprint density at radius 1 is 0.818 bits per heavy atom. The number of aliphatic hydroxyl groups excluding tert-OH is 3. The number of aromatic amines is 2. The first-order valence-corrected chi connectivity index (χ1v) is 28.1. The van der Waals surface area contributed by atoms with E-state index in [1.165, 1.54) is 41.0 Å². The molecule has 0 saturated carbocycles. The fraction of sp³-hybridized carbons (Fsp3) is 0.571.